The summed E-state index contributed by atoms with van der Waals surface area (Å²) in [5.41, 5.74) is 6.32. The number of primary amides is 1. The third kappa shape index (κ3) is 2.36. The second-order valence-electron chi connectivity index (χ2n) is 3.94. The summed E-state index contributed by atoms with van der Waals surface area (Å²) in [6.07, 6.45) is 5.73. The van der Waals surface area contributed by atoms with E-state index in [2.05, 4.69) is 10.3 Å². The third-order valence-electron chi connectivity index (χ3n) is 2.83. The van der Waals surface area contributed by atoms with E-state index < -0.39 is 0 Å². The summed E-state index contributed by atoms with van der Waals surface area (Å²) in [6, 6.07) is 0. The Labute approximate surface area is 88.7 Å². The Morgan fingerprint density at radius 3 is 3.00 bits per heavy atom. The molecule has 2 heterocycles. The third-order valence-corrected chi connectivity index (χ3v) is 2.83. The highest BCUT2D eigenvalue weighted by Crippen LogP contribution is 2.24. The minimum absolute atomic E-state index is 0.235. The van der Waals surface area contributed by atoms with E-state index in [0.29, 0.717) is 5.92 Å². The molecule has 0 aromatic carbocycles. The molecule has 0 bridgehead atoms. The van der Waals surface area contributed by atoms with Gasteiger partial charge in [-0.2, -0.15) is 0 Å². The van der Waals surface area contributed by atoms with E-state index in [1.165, 1.54) is 0 Å². The van der Waals surface area contributed by atoms with Gasteiger partial charge in [-0.05, 0) is 25.9 Å². The lowest BCUT2D eigenvalue weighted by atomic mass is 9.95. The van der Waals surface area contributed by atoms with Crippen LogP contribution in [-0.4, -0.2) is 28.5 Å². The van der Waals surface area contributed by atoms with E-state index in [1.807, 2.05) is 10.8 Å². The minimum Gasteiger partial charge on any atom is -0.368 e. The van der Waals surface area contributed by atoms with Crippen LogP contribution in [0.15, 0.2) is 12.5 Å². The number of imidazole rings is 1. The van der Waals surface area contributed by atoms with Gasteiger partial charge in [0.1, 0.15) is 6.54 Å². The Morgan fingerprint density at radius 2 is 2.33 bits per heavy atom. The predicted molar refractivity (Wildman–Crippen MR) is 56.3 cm³/mol. The molecule has 5 nitrogen and oxygen atoms in total. The number of nitrogens with two attached hydrogens (primary N) is 1. The van der Waals surface area contributed by atoms with Gasteiger partial charge in [0, 0.05) is 17.8 Å². The Balaban J connectivity index is 2.12. The highest BCUT2D eigenvalue weighted by Gasteiger charge is 2.18. The first-order valence-electron chi connectivity index (χ1n) is 5.26. The van der Waals surface area contributed by atoms with Crippen LogP contribution in [0.5, 0.6) is 0 Å². The summed E-state index contributed by atoms with van der Waals surface area (Å²) < 4.78 is 1.86. The molecule has 1 saturated heterocycles. The van der Waals surface area contributed by atoms with E-state index >= 15 is 0 Å². The fraction of sp³-hybridized carbons (Fsp3) is 0.600. The highest BCUT2D eigenvalue weighted by molar-refractivity contribution is 5.73. The van der Waals surface area contributed by atoms with Gasteiger partial charge in [0.2, 0.25) is 5.91 Å². The summed E-state index contributed by atoms with van der Waals surface area (Å²) in [7, 11) is 0. The van der Waals surface area contributed by atoms with Gasteiger partial charge in [0.15, 0.2) is 0 Å². The van der Waals surface area contributed by atoms with Crippen LogP contribution in [0.3, 0.4) is 0 Å². The molecule has 82 valence electrons. The van der Waals surface area contributed by atoms with Gasteiger partial charge in [-0.25, -0.2) is 4.98 Å². The number of amides is 1. The predicted octanol–water partition coefficient (Wildman–Crippen LogP) is -0.165. The molecule has 1 aliphatic rings. The molecule has 0 spiro atoms. The Kier molecular flexibility index (Phi) is 3.01. The van der Waals surface area contributed by atoms with Crippen LogP contribution in [-0.2, 0) is 11.3 Å². The molecule has 0 unspecified atom stereocenters. The van der Waals surface area contributed by atoms with Crippen LogP contribution < -0.4 is 11.1 Å². The number of carbonyl (C=O) groups excluding carboxylic acids is 1. The molecular formula is C10H16N4O. The zero-order chi connectivity index (χ0) is 10.7. The van der Waals surface area contributed by atoms with Crippen molar-refractivity contribution in [2.24, 2.45) is 5.73 Å². The number of rotatable bonds is 3. The molecule has 0 radical (unpaired) electrons. The summed E-state index contributed by atoms with van der Waals surface area (Å²) in [6.45, 7) is 2.30. The first kappa shape index (κ1) is 10.2. The molecule has 1 aliphatic heterocycles. The Hall–Kier alpha value is -1.36. The summed E-state index contributed by atoms with van der Waals surface area (Å²) in [5, 5.41) is 3.32. The minimum atomic E-state index is -0.316. The molecule has 1 fully saturated rings. The van der Waals surface area contributed by atoms with Crippen LogP contribution in [0.1, 0.15) is 24.5 Å². The zero-order valence-electron chi connectivity index (χ0n) is 8.65. The Morgan fingerprint density at radius 1 is 1.60 bits per heavy atom. The maximum Gasteiger partial charge on any atom is 0.237 e. The van der Waals surface area contributed by atoms with Crippen molar-refractivity contribution >= 4 is 5.91 Å². The molecule has 3 N–H and O–H groups in total. The number of hydrogen-bond donors (Lipinski definition) is 2. The lowest BCUT2D eigenvalue weighted by Gasteiger charge is -2.23. The van der Waals surface area contributed by atoms with Gasteiger partial charge < -0.3 is 15.6 Å². The standard InChI is InChI=1S/C10H16N4O/c11-10(15)6-14-7-13-5-9(14)8-1-3-12-4-2-8/h5,7-8,12H,1-4,6H2,(H2,11,15). The van der Waals surface area contributed by atoms with Gasteiger partial charge in [0.25, 0.3) is 0 Å². The second kappa shape index (κ2) is 4.44. The van der Waals surface area contributed by atoms with E-state index in [0.717, 1.165) is 31.6 Å². The molecule has 15 heavy (non-hydrogen) atoms. The monoisotopic (exact) mass is 208 g/mol. The van der Waals surface area contributed by atoms with E-state index in [4.69, 9.17) is 5.73 Å². The van der Waals surface area contributed by atoms with Crippen molar-refractivity contribution < 1.29 is 4.79 Å². The smallest absolute Gasteiger partial charge is 0.237 e. The molecule has 0 atom stereocenters. The highest BCUT2D eigenvalue weighted by atomic mass is 16.1. The zero-order valence-corrected chi connectivity index (χ0v) is 8.65. The van der Waals surface area contributed by atoms with Crippen LogP contribution in [0.2, 0.25) is 0 Å². The largest absolute Gasteiger partial charge is 0.368 e. The molecule has 2 rings (SSSR count). The maximum atomic E-state index is 10.9. The average Bonchev–Trinajstić information content (AvgIpc) is 2.66. The molecule has 0 saturated carbocycles. The van der Waals surface area contributed by atoms with Crippen molar-refractivity contribution in [2.75, 3.05) is 13.1 Å². The van der Waals surface area contributed by atoms with Crippen LogP contribution in [0.4, 0.5) is 0 Å². The van der Waals surface area contributed by atoms with Crippen molar-refractivity contribution in [1.29, 1.82) is 0 Å². The van der Waals surface area contributed by atoms with E-state index in [1.54, 1.807) is 6.33 Å². The lowest BCUT2D eigenvalue weighted by molar-refractivity contribution is -0.118. The number of piperidine rings is 1. The summed E-state index contributed by atoms with van der Waals surface area (Å²) >= 11 is 0. The first-order valence-corrected chi connectivity index (χ1v) is 5.26. The molecule has 1 aromatic heterocycles. The summed E-state index contributed by atoms with van der Waals surface area (Å²) in [5.74, 6) is 0.191. The molecule has 5 heteroatoms. The van der Waals surface area contributed by atoms with Gasteiger partial charge in [-0.1, -0.05) is 0 Å². The Bertz CT molecular complexity index is 341. The number of nitrogens with zero attached hydrogens (tertiary/aromatic N) is 2. The van der Waals surface area contributed by atoms with Gasteiger partial charge in [-0.3, -0.25) is 4.79 Å². The van der Waals surface area contributed by atoms with Crippen molar-refractivity contribution in [1.82, 2.24) is 14.9 Å². The SMILES string of the molecule is NC(=O)Cn1cncc1C1CCNCC1. The van der Waals surface area contributed by atoms with Crippen molar-refractivity contribution in [3.8, 4) is 0 Å². The van der Waals surface area contributed by atoms with E-state index in [-0.39, 0.29) is 12.5 Å². The van der Waals surface area contributed by atoms with Gasteiger partial charge >= 0.3 is 0 Å². The molecular weight excluding hydrogens is 192 g/mol. The lowest BCUT2D eigenvalue weighted by Crippen LogP contribution is -2.28. The number of nitrogens with one attached hydrogen (secondary N) is 1. The number of hydrogen-bond acceptors (Lipinski definition) is 3. The van der Waals surface area contributed by atoms with Crippen molar-refractivity contribution in [2.45, 2.75) is 25.3 Å². The quantitative estimate of drug-likeness (QED) is 0.724. The number of aromatic nitrogens is 2. The molecule has 1 aromatic rings. The van der Waals surface area contributed by atoms with Crippen molar-refractivity contribution in [3.05, 3.63) is 18.2 Å². The fourth-order valence-corrected chi connectivity index (χ4v) is 2.09. The van der Waals surface area contributed by atoms with Crippen LogP contribution in [0.25, 0.3) is 0 Å². The summed E-state index contributed by atoms with van der Waals surface area (Å²) in [4.78, 5) is 14.9. The normalized spacial score (nSPS) is 17.9. The van der Waals surface area contributed by atoms with Crippen LogP contribution in [0, 0.1) is 0 Å². The topological polar surface area (TPSA) is 72.9 Å². The fourth-order valence-electron chi connectivity index (χ4n) is 2.09. The number of carbonyl (C=O) groups is 1. The first-order chi connectivity index (χ1) is 7.27. The second-order valence-corrected chi connectivity index (χ2v) is 3.94. The van der Waals surface area contributed by atoms with Gasteiger partial charge in [0.05, 0.1) is 6.33 Å². The van der Waals surface area contributed by atoms with E-state index in [9.17, 15) is 4.79 Å². The molecule has 1 amide bonds. The maximum absolute atomic E-state index is 10.9. The van der Waals surface area contributed by atoms with Crippen molar-refractivity contribution in [3.63, 3.8) is 0 Å². The van der Waals surface area contributed by atoms with Gasteiger partial charge in [-0.15, -0.1) is 0 Å². The molecule has 0 aliphatic carbocycles. The van der Waals surface area contributed by atoms with Crippen LogP contribution >= 0.6 is 0 Å². The average molecular weight is 208 g/mol.